The molecule has 8 nitrogen and oxygen atoms in total. The second-order valence-corrected chi connectivity index (χ2v) is 8.53. The van der Waals surface area contributed by atoms with Crippen LogP contribution in [0.15, 0.2) is 46.4 Å². The van der Waals surface area contributed by atoms with Crippen molar-refractivity contribution in [3.05, 3.63) is 42.0 Å². The molecular formula is C18H23N3O5S. The van der Waals surface area contributed by atoms with Gasteiger partial charge in [-0.25, -0.2) is 9.63 Å². The standard InChI is InChI=1S/C18H23N3O5S/c1-13-4-6-16(7-5-13)27(23,24)20-19-14-10-15-8-9-18(11-14,26-15)12-21(2)17(22)25-3/h4-9,15,20H,10-12H2,1-3H3/b19-14+/t15-,18-/m1/s1. The lowest BCUT2D eigenvalue weighted by Crippen LogP contribution is -2.48. The summed E-state index contributed by atoms with van der Waals surface area (Å²) >= 11 is 0. The quantitative estimate of drug-likeness (QED) is 0.608. The average molecular weight is 393 g/mol. The molecule has 146 valence electrons. The molecule has 3 rings (SSSR count). The van der Waals surface area contributed by atoms with Crippen molar-refractivity contribution in [2.75, 3.05) is 20.7 Å². The maximum Gasteiger partial charge on any atom is 0.409 e. The third kappa shape index (κ3) is 4.30. The molecule has 2 atom stereocenters. The van der Waals surface area contributed by atoms with Crippen LogP contribution in [0.5, 0.6) is 0 Å². The number of sulfonamides is 1. The molecule has 2 heterocycles. The van der Waals surface area contributed by atoms with Gasteiger partial charge in [0.05, 0.1) is 24.7 Å². The fourth-order valence-corrected chi connectivity index (χ4v) is 4.12. The molecule has 2 aliphatic rings. The van der Waals surface area contributed by atoms with Gasteiger partial charge in [0.2, 0.25) is 0 Å². The number of nitrogens with one attached hydrogen (secondary N) is 1. The minimum Gasteiger partial charge on any atom is -0.453 e. The molecule has 2 bridgehead atoms. The summed E-state index contributed by atoms with van der Waals surface area (Å²) in [5.74, 6) is 0. The zero-order valence-corrected chi connectivity index (χ0v) is 16.3. The third-order valence-corrected chi connectivity index (χ3v) is 5.81. The van der Waals surface area contributed by atoms with Crippen molar-refractivity contribution >= 4 is 21.8 Å². The maximum atomic E-state index is 12.4. The number of amides is 1. The van der Waals surface area contributed by atoms with Gasteiger partial charge in [-0.05, 0) is 19.1 Å². The van der Waals surface area contributed by atoms with Gasteiger partial charge < -0.3 is 14.4 Å². The molecule has 0 unspecified atom stereocenters. The highest BCUT2D eigenvalue weighted by atomic mass is 32.2. The van der Waals surface area contributed by atoms with Crippen molar-refractivity contribution in [2.45, 2.75) is 36.4 Å². The molecule has 1 fully saturated rings. The van der Waals surface area contributed by atoms with Crippen LogP contribution in [-0.4, -0.2) is 57.5 Å². The lowest BCUT2D eigenvalue weighted by atomic mass is 9.94. The van der Waals surface area contributed by atoms with Crippen molar-refractivity contribution in [1.82, 2.24) is 9.73 Å². The summed E-state index contributed by atoms with van der Waals surface area (Å²) in [6.45, 7) is 2.18. The van der Waals surface area contributed by atoms with Crippen molar-refractivity contribution in [3.8, 4) is 0 Å². The van der Waals surface area contributed by atoms with Crippen molar-refractivity contribution in [1.29, 1.82) is 0 Å². The smallest absolute Gasteiger partial charge is 0.409 e. The highest BCUT2D eigenvalue weighted by Crippen LogP contribution is 2.35. The Morgan fingerprint density at radius 3 is 2.78 bits per heavy atom. The van der Waals surface area contributed by atoms with E-state index < -0.39 is 21.7 Å². The summed E-state index contributed by atoms with van der Waals surface area (Å²) in [6, 6.07) is 6.55. The number of benzene rings is 1. The van der Waals surface area contributed by atoms with E-state index in [9.17, 15) is 13.2 Å². The lowest BCUT2D eigenvalue weighted by molar-refractivity contribution is -0.0426. The first-order valence-corrected chi connectivity index (χ1v) is 10.0. The predicted molar refractivity (Wildman–Crippen MR) is 99.9 cm³/mol. The van der Waals surface area contributed by atoms with Crippen molar-refractivity contribution < 1.29 is 22.7 Å². The summed E-state index contributed by atoms with van der Waals surface area (Å²) < 4.78 is 35.5. The van der Waals surface area contributed by atoms with E-state index >= 15 is 0 Å². The van der Waals surface area contributed by atoms with Gasteiger partial charge in [0.15, 0.2) is 0 Å². The molecular weight excluding hydrogens is 370 g/mol. The molecule has 0 spiro atoms. The van der Waals surface area contributed by atoms with E-state index in [1.807, 2.05) is 19.1 Å². The van der Waals surface area contributed by atoms with Gasteiger partial charge in [0, 0.05) is 25.6 Å². The number of fused-ring (bicyclic) bond motifs is 2. The van der Waals surface area contributed by atoms with Gasteiger partial charge >= 0.3 is 6.09 Å². The second kappa shape index (κ2) is 7.32. The number of hydrogen-bond donors (Lipinski definition) is 1. The summed E-state index contributed by atoms with van der Waals surface area (Å²) in [5, 5.41) is 4.14. The Balaban J connectivity index is 1.72. The Labute approximate surface area is 158 Å². The minimum atomic E-state index is -3.73. The number of likely N-dealkylation sites (N-methyl/N-ethyl adjacent to an activating group) is 1. The largest absolute Gasteiger partial charge is 0.453 e. The van der Waals surface area contributed by atoms with Crippen LogP contribution in [0.25, 0.3) is 0 Å². The van der Waals surface area contributed by atoms with E-state index in [1.54, 1.807) is 31.3 Å². The molecule has 1 N–H and O–H groups in total. The molecule has 9 heteroatoms. The third-order valence-electron chi connectivity index (χ3n) is 4.59. The zero-order valence-electron chi connectivity index (χ0n) is 15.5. The molecule has 0 aromatic heterocycles. The van der Waals surface area contributed by atoms with E-state index in [-0.39, 0.29) is 17.5 Å². The minimum absolute atomic E-state index is 0.158. The number of carbonyl (C=O) groups is 1. The van der Waals surface area contributed by atoms with Crippen LogP contribution >= 0.6 is 0 Å². The fraction of sp³-hybridized carbons (Fsp3) is 0.444. The number of rotatable bonds is 5. The molecule has 0 radical (unpaired) electrons. The van der Waals surface area contributed by atoms with Gasteiger partial charge in [-0.1, -0.05) is 29.8 Å². The SMILES string of the molecule is COC(=O)N(C)C[C@@]12C=C[C@H](C/C(=N\NS(=O)(=O)c3ccc(C)cc3)C1)O2. The van der Waals surface area contributed by atoms with E-state index in [1.165, 1.54) is 12.0 Å². The van der Waals surface area contributed by atoms with E-state index in [0.29, 0.717) is 18.6 Å². The summed E-state index contributed by atoms with van der Waals surface area (Å²) in [7, 11) is -0.795. The number of hydrazone groups is 1. The van der Waals surface area contributed by atoms with Crippen LogP contribution in [0.3, 0.4) is 0 Å². The van der Waals surface area contributed by atoms with Gasteiger partial charge in [-0.15, -0.1) is 0 Å². The number of nitrogens with zero attached hydrogens (tertiary/aromatic N) is 2. The van der Waals surface area contributed by atoms with Crippen molar-refractivity contribution in [2.24, 2.45) is 5.10 Å². The highest BCUT2D eigenvalue weighted by molar-refractivity contribution is 7.89. The number of hydrogen-bond acceptors (Lipinski definition) is 6. The summed E-state index contributed by atoms with van der Waals surface area (Å²) in [6.07, 6.45) is 4.06. The van der Waals surface area contributed by atoms with Crippen LogP contribution in [0, 0.1) is 6.92 Å². The van der Waals surface area contributed by atoms with Gasteiger partial charge in [0.1, 0.15) is 5.60 Å². The Kier molecular flexibility index (Phi) is 5.25. The fourth-order valence-electron chi connectivity index (χ4n) is 3.27. The molecule has 1 aromatic rings. The summed E-state index contributed by atoms with van der Waals surface area (Å²) in [4.78, 5) is 15.6. The molecule has 27 heavy (non-hydrogen) atoms. The molecule has 1 saturated heterocycles. The number of aryl methyl sites for hydroxylation is 1. The van der Waals surface area contributed by atoms with E-state index in [4.69, 9.17) is 9.47 Å². The lowest BCUT2D eigenvalue weighted by Gasteiger charge is -2.36. The van der Waals surface area contributed by atoms with Crippen LogP contribution in [-0.2, 0) is 19.5 Å². The molecule has 0 aliphatic carbocycles. The molecule has 1 aromatic carbocycles. The first-order chi connectivity index (χ1) is 12.7. The first kappa shape index (κ1) is 19.4. The number of ether oxygens (including phenoxy) is 2. The zero-order chi connectivity index (χ0) is 19.7. The van der Waals surface area contributed by atoms with Crippen molar-refractivity contribution in [3.63, 3.8) is 0 Å². The molecule has 0 saturated carbocycles. The second-order valence-electron chi connectivity index (χ2n) is 6.87. The predicted octanol–water partition coefficient (Wildman–Crippen LogP) is 1.82. The first-order valence-electron chi connectivity index (χ1n) is 8.53. The van der Waals surface area contributed by atoms with Crippen LogP contribution < -0.4 is 4.83 Å². The van der Waals surface area contributed by atoms with Crippen LogP contribution in [0.2, 0.25) is 0 Å². The van der Waals surface area contributed by atoms with E-state index in [0.717, 1.165) is 5.56 Å². The van der Waals surface area contributed by atoms with Crippen LogP contribution in [0.1, 0.15) is 18.4 Å². The Morgan fingerprint density at radius 2 is 2.11 bits per heavy atom. The highest BCUT2D eigenvalue weighted by Gasteiger charge is 2.43. The summed E-state index contributed by atoms with van der Waals surface area (Å²) in [5.41, 5.74) is 0.925. The van der Waals surface area contributed by atoms with Gasteiger partial charge in [-0.3, -0.25) is 0 Å². The van der Waals surface area contributed by atoms with Gasteiger partial charge in [-0.2, -0.15) is 13.5 Å². The number of methoxy groups -OCH3 is 1. The Bertz CT molecular complexity index is 879. The van der Waals surface area contributed by atoms with Crippen LogP contribution in [0.4, 0.5) is 4.79 Å². The maximum absolute atomic E-state index is 12.4. The molecule has 1 amide bonds. The topological polar surface area (TPSA) is 97.3 Å². The Hall–Kier alpha value is -2.39. The van der Waals surface area contributed by atoms with Gasteiger partial charge in [0.25, 0.3) is 10.0 Å². The molecule has 2 aliphatic heterocycles. The normalized spacial score (nSPS) is 25.4. The van der Waals surface area contributed by atoms with E-state index in [2.05, 4.69) is 9.93 Å². The average Bonchev–Trinajstić information content (AvgIpc) is 2.93. The Morgan fingerprint density at radius 1 is 1.41 bits per heavy atom. The monoisotopic (exact) mass is 393 g/mol. The number of carbonyl (C=O) groups excluding carboxylic acids is 1.